The van der Waals surface area contributed by atoms with Crippen LogP contribution in [0, 0.1) is 11.3 Å². The quantitative estimate of drug-likeness (QED) is 0.298. The number of carbonyl (C=O) groups is 1. The van der Waals surface area contributed by atoms with Gasteiger partial charge in [-0.2, -0.15) is 0 Å². The van der Waals surface area contributed by atoms with Gasteiger partial charge in [0.2, 0.25) is 0 Å². The zero-order chi connectivity index (χ0) is 16.4. The molecule has 1 aromatic carbocycles. The first kappa shape index (κ1) is 19.5. The van der Waals surface area contributed by atoms with Gasteiger partial charge in [-0.25, -0.2) is 0 Å². The smallest absolute Gasteiger partial charge is 0.166 e. The lowest BCUT2D eigenvalue weighted by Gasteiger charge is -2.27. The Bertz CT molecular complexity index is 517. The molecule has 0 amide bonds. The summed E-state index contributed by atoms with van der Waals surface area (Å²) in [5.74, 6) is 0.391. The van der Waals surface area contributed by atoms with Crippen molar-refractivity contribution in [1.82, 2.24) is 0 Å². The number of carbonyl (C=O) groups excluding carboxylic acids is 1. The molecule has 1 nitrogen and oxygen atoms in total. The summed E-state index contributed by atoms with van der Waals surface area (Å²) in [6.45, 7) is 6.29. The van der Waals surface area contributed by atoms with Crippen molar-refractivity contribution < 1.29 is 4.79 Å². The van der Waals surface area contributed by atoms with Crippen LogP contribution in [0.1, 0.15) is 44.0 Å². The van der Waals surface area contributed by atoms with Crippen molar-refractivity contribution in [3.63, 3.8) is 0 Å². The minimum Gasteiger partial charge on any atom is -0.294 e. The summed E-state index contributed by atoms with van der Waals surface area (Å²) in [5, 5.41) is 0.827. The molecule has 1 rings (SSSR count). The highest BCUT2D eigenvalue weighted by molar-refractivity contribution is 7.16. The first-order valence-electron chi connectivity index (χ1n) is 6.65. The van der Waals surface area contributed by atoms with E-state index in [1.165, 1.54) is 6.07 Å². The second-order valence-corrected chi connectivity index (χ2v) is 8.19. The molecule has 0 spiro atoms. The number of benzene rings is 1. The number of hydrogen-bond acceptors (Lipinski definition) is 1. The second kappa shape index (κ2) is 7.84. The zero-order valence-electron chi connectivity index (χ0n) is 12.3. The molecule has 0 saturated heterocycles. The van der Waals surface area contributed by atoms with E-state index in [0.717, 1.165) is 12.6 Å². The fourth-order valence-electron chi connectivity index (χ4n) is 2.44. The average molecular weight is 388 g/mol. The maximum Gasteiger partial charge on any atom is 0.166 e. The molecule has 0 N–H and O–H groups in total. The van der Waals surface area contributed by atoms with Crippen LogP contribution >= 0.6 is 55.6 Å². The number of halogens is 4. The van der Waals surface area contributed by atoms with E-state index >= 15 is 0 Å². The fraction of sp³-hybridized carbons (Fsp3) is 0.533. The molecule has 6 heteroatoms. The van der Waals surface area contributed by atoms with E-state index in [1.807, 2.05) is 0 Å². The van der Waals surface area contributed by atoms with Crippen molar-refractivity contribution in [3.8, 4) is 0 Å². The first-order chi connectivity index (χ1) is 9.59. The van der Waals surface area contributed by atoms with Gasteiger partial charge in [-0.15, -0.1) is 9.24 Å². The largest absolute Gasteiger partial charge is 0.294 e. The first-order valence-corrected chi connectivity index (χ1v) is 8.98. The van der Waals surface area contributed by atoms with Crippen molar-refractivity contribution in [2.45, 2.75) is 33.6 Å². The molecular formula is C15H19Cl4OP. The van der Waals surface area contributed by atoms with Crippen LogP contribution in [-0.2, 0) is 0 Å². The molecule has 2 atom stereocenters. The lowest BCUT2D eigenvalue weighted by atomic mass is 9.79. The highest BCUT2D eigenvalue weighted by Crippen LogP contribution is 2.40. The molecule has 118 valence electrons. The van der Waals surface area contributed by atoms with E-state index in [9.17, 15) is 4.79 Å². The summed E-state index contributed by atoms with van der Waals surface area (Å²) >= 11 is 24.2. The summed E-state index contributed by atoms with van der Waals surface area (Å²) in [4.78, 5) is 12.6. The Morgan fingerprint density at radius 2 is 1.67 bits per heavy atom. The van der Waals surface area contributed by atoms with Crippen LogP contribution in [0.4, 0.5) is 0 Å². The van der Waals surface area contributed by atoms with Crippen LogP contribution in [-0.4, -0.2) is 11.9 Å². The van der Waals surface area contributed by atoms with Crippen LogP contribution in [0.15, 0.2) is 6.07 Å². The van der Waals surface area contributed by atoms with Crippen molar-refractivity contribution in [1.29, 1.82) is 0 Å². The molecular weight excluding hydrogens is 369 g/mol. The topological polar surface area (TPSA) is 17.1 Å². The van der Waals surface area contributed by atoms with Gasteiger partial charge in [0.05, 0.1) is 25.7 Å². The van der Waals surface area contributed by atoms with Gasteiger partial charge in [0, 0.05) is 6.42 Å². The zero-order valence-corrected chi connectivity index (χ0v) is 16.5. The third kappa shape index (κ3) is 5.26. The molecule has 0 fully saturated rings. The summed E-state index contributed by atoms with van der Waals surface area (Å²) in [6, 6.07) is 1.45. The SMILES string of the molecule is CC(CP)CC(C)(C)CC(=O)c1c(Cl)c(Cl)cc(Cl)c1Cl. The Labute approximate surface area is 148 Å². The molecule has 0 bridgehead atoms. The molecule has 2 unspecified atom stereocenters. The van der Waals surface area contributed by atoms with Gasteiger partial charge < -0.3 is 0 Å². The van der Waals surface area contributed by atoms with Crippen LogP contribution < -0.4 is 0 Å². The number of ketones is 1. The molecule has 1 aromatic rings. The van der Waals surface area contributed by atoms with Gasteiger partial charge in [-0.1, -0.05) is 67.2 Å². The summed E-state index contributed by atoms with van der Waals surface area (Å²) in [7, 11) is 2.73. The van der Waals surface area contributed by atoms with E-state index < -0.39 is 0 Å². The minimum atomic E-state index is -0.144. The molecule has 0 aliphatic heterocycles. The highest BCUT2D eigenvalue weighted by atomic mass is 35.5. The summed E-state index contributed by atoms with van der Waals surface area (Å²) in [5.41, 5.74) is 0.0802. The molecule has 0 aliphatic rings. The number of hydrogen-bond donors (Lipinski definition) is 0. The van der Waals surface area contributed by atoms with Crippen LogP contribution in [0.25, 0.3) is 0 Å². The Morgan fingerprint density at radius 1 is 1.19 bits per heavy atom. The monoisotopic (exact) mass is 386 g/mol. The van der Waals surface area contributed by atoms with Gasteiger partial charge in [0.15, 0.2) is 5.78 Å². The predicted octanol–water partition coefficient (Wildman–Crippen LogP) is 6.80. The van der Waals surface area contributed by atoms with Crippen molar-refractivity contribution in [2.75, 3.05) is 6.16 Å². The number of rotatable bonds is 6. The van der Waals surface area contributed by atoms with Crippen molar-refractivity contribution in [3.05, 3.63) is 31.7 Å². The molecule has 0 radical (unpaired) electrons. The van der Waals surface area contributed by atoms with Crippen LogP contribution in [0.2, 0.25) is 20.1 Å². The Morgan fingerprint density at radius 3 is 2.10 bits per heavy atom. The maximum absolute atomic E-state index is 12.6. The van der Waals surface area contributed by atoms with Gasteiger partial charge in [-0.05, 0) is 30.0 Å². The third-order valence-corrected chi connectivity index (χ3v) is 5.71. The average Bonchev–Trinajstić information content (AvgIpc) is 2.35. The van der Waals surface area contributed by atoms with E-state index in [-0.39, 0.29) is 36.9 Å². The van der Waals surface area contributed by atoms with Crippen LogP contribution in [0.5, 0.6) is 0 Å². The molecule has 0 heterocycles. The van der Waals surface area contributed by atoms with E-state index in [2.05, 4.69) is 30.0 Å². The van der Waals surface area contributed by atoms with Crippen molar-refractivity contribution in [2.24, 2.45) is 11.3 Å². The summed E-state index contributed by atoms with van der Waals surface area (Å²) < 4.78 is 0. The lowest BCUT2D eigenvalue weighted by Crippen LogP contribution is -2.21. The van der Waals surface area contributed by atoms with Gasteiger partial charge in [0.1, 0.15) is 0 Å². The van der Waals surface area contributed by atoms with Gasteiger partial charge in [-0.3, -0.25) is 4.79 Å². The predicted molar refractivity (Wildman–Crippen MR) is 97.6 cm³/mol. The van der Waals surface area contributed by atoms with E-state index in [4.69, 9.17) is 46.4 Å². The minimum absolute atomic E-state index is 0.129. The van der Waals surface area contributed by atoms with Crippen LogP contribution in [0.3, 0.4) is 0 Å². The molecule has 0 saturated carbocycles. The Hall–Kier alpha value is 0.480. The van der Waals surface area contributed by atoms with E-state index in [0.29, 0.717) is 12.3 Å². The third-order valence-electron chi connectivity index (χ3n) is 3.33. The van der Waals surface area contributed by atoms with E-state index in [1.54, 1.807) is 0 Å². The Balaban J connectivity index is 3.05. The van der Waals surface area contributed by atoms with Gasteiger partial charge >= 0.3 is 0 Å². The normalized spacial score (nSPS) is 13.3. The Kier molecular flexibility index (Phi) is 7.29. The standard InChI is InChI=1S/C15H19Cl4OP/c1-8(7-21)5-15(2,3)6-11(20)12-13(18)9(16)4-10(17)14(12)19/h4,8H,5-7,21H2,1-3H3. The number of Topliss-reactive ketones (excluding diaryl/α,β-unsaturated/α-hetero) is 1. The summed E-state index contributed by atoms with van der Waals surface area (Å²) in [6.07, 6.45) is 2.28. The lowest BCUT2D eigenvalue weighted by molar-refractivity contribution is 0.0918. The molecule has 0 aliphatic carbocycles. The molecule has 21 heavy (non-hydrogen) atoms. The maximum atomic E-state index is 12.6. The second-order valence-electron chi connectivity index (χ2n) is 6.15. The molecule has 0 aromatic heterocycles. The van der Waals surface area contributed by atoms with Crippen molar-refractivity contribution >= 4 is 61.4 Å². The fourth-order valence-corrected chi connectivity index (χ4v) is 3.63. The van der Waals surface area contributed by atoms with Gasteiger partial charge in [0.25, 0.3) is 0 Å². The highest BCUT2D eigenvalue weighted by Gasteiger charge is 2.28.